The van der Waals surface area contributed by atoms with Gasteiger partial charge in [-0.15, -0.1) is 11.3 Å². The molecule has 33 heavy (non-hydrogen) atoms. The summed E-state index contributed by atoms with van der Waals surface area (Å²) in [5.74, 6) is 0.0705. The molecule has 0 saturated carbocycles. The number of carbonyl (C=O) groups excluding carboxylic acids is 2. The van der Waals surface area contributed by atoms with Crippen molar-refractivity contribution in [2.75, 3.05) is 25.0 Å². The van der Waals surface area contributed by atoms with E-state index in [2.05, 4.69) is 46.8 Å². The van der Waals surface area contributed by atoms with E-state index in [9.17, 15) is 9.59 Å². The largest absolute Gasteiger partial charge is 0.339 e. The Kier molecular flexibility index (Phi) is 7.73. The lowest BCUT2D eigenvalue weighted by atomic mass is 10.1. The van der Waals surface area contributed by atoms with Crippen LogP contribution in [0.3, 0.4) is 0 Å². The van der Waals surface area contributed by atoms with Crippen LogP contribution in [0.2, 0.25) is 0 Å². The zero-order valence-electron chi connectivity index (χ0n) is 19.0. The normalized spacial score (nSPS) is 13.9. The molecule has 3 aromatic rings. The molecular weight excluding hydrogens is 432 g/mol. The van der Waals surface area contributed by atoms with Crippen molar-refractivity contribution >= 4 is 29.0 Å². The van der Waals surface area contributed by atoms with E-state index in [1.165, 1.54) is 18.4 Å². The number of anilines is 1. The van der Waals surface area contributed by atoms with E-state index in [1.54, 1.807) is 35.6 Å². The number of thiazole rings is 1. The van der Waals surface area contributed by atoms with Crippen LogP contribution in [0.5, 0.6) is 0 Å². The van der Waals surface area contributed by atoms with Crippen molar-refractivity contribution < 1.29 is 9.59 Å². The molecule has 0 atom stereocenters. The molecule has 1 fully saturated rings. The first kappa shape index (κ1) is 23.0. The minimum atomic E-state index is -0.268. The number of rotatable bonds is 6. The standard InChI is InChI=1S/C26H30N4O2S/c1-19-6-8-20(9-7-19)24-28-23(18-33-24)14-15-27-26(32)29-22-12-10-21(11-13-22)25(31)30-16-4-2-3-5-17-30/h6-13,18H,2-5,14-17H2,1H3,(H2,27,29,32). The summed E-state index contributed by atoms with van der Waals surface area (Å²) in [4.78, 5) is 31.5. The van der Waals surface area contributed by atoms with Crippen LogP contribution in [0.15, 0.2) is 53.9 Å². The predicted molar refractivity (Wildman–Crippen MR) is 134 cm³/mol. The second kappa shape index (κ2) is 11.1. The van der Waals surface area contributed by atoms with Crippen molar-refractivity contribution in [1.29, 1.82) is 0 Å². The van der Waals surface area contributed by atoms with Crippen LogP contribution in [0.25, 0.3) is 10.6 Å². The van der Waals surface area contributed by atoms with E-state index in [1.807, 2.05) is 10.3 Å². The molecule has 1 saturated heterocycles. The zero-order valence-corrected chi connectivity index (χ0v) is 19.8. The van der Waals surface area contributed by atoms with Gasteiger partial charge in [0.15, 0.2) is 0 Å². The first-order valence-corrected chi connectivity index (χ1v) is 12.4. The smallest absolute Gasteiger partial charge is 0.319 e. The molecule has 0 radical (unpaired) electrons. The Labute approximate surface area is 199 Å². The Morgan fingerprint density at radius 2 is 1.67 bits per heavy atom. The van der Waals surface area contributed by atoms with E-state index in [0.29, 0.717) is 24.2 Å². The molecule has 1 aromatic heterocycles. The SMILES string of the molecule is Cc1ccc(-c2nc(CCNC(=O)Nc3ccc(C(=O)N4CCCCCC4)cc3)cs2)cc1. The molecule has 2 aromatic carbocycles. The fourth-order valence-corrected chi connectivity index (χ4v) is 4.74. The molecule has 0 unspecified atom stereocenters. The van der Waals surface area contributed by atoms with Gasteiger partial charge < -0.3 is 15.5 Å². The molecule has 4 rings (SSSR count). The van der Waals surface area contributed by atoms with E-state index < -0.39 is 0 Å². The molecule has 0 spiro atoms. The highest BCUT2D eigenvalue weighted by Gasteiger charge is 2.17. The van der Waals surface area contributed by atoms with Gasteiger partial charge in [-0.2, -0.15) is 0 Å². The van der Waals surface area contributed by atoms with Gasteiger partial charge in [-0.05, 0) is 44.0 Å². The van der Waals surface area contributed by atoms with Gasteiger partial charge in [-0.3, -0.25) is 4.79 Å². The molecule has 7 heteroatoms. The third-order valence-electron chi connectivity index (χ3n) is 5.80. The minimum absolute atomic E-state index is 0.0705. The molecule has 1 aliphatic heterocycles. The maximum atomic E-state index is 12.7. The predicted octanol–water partition coefficient (Wildman–Crippen LogP) is 5.50. The summed E-state index contributed by atoms with van der Waals surface area (Å²) in [5.41, 5.74) is 4.63. The maximum Gasteiger partial charge on any atom is 0.319 e. The first-order valence-electron chi connectivity index (χ1n) is 11.5. The molecule has 2 N–H and O–H groups in total. The molecule has 2 heterocycles. The number of likely N-dealkylation sites (tertiary alicyclic amines) is 1. The average molecular weight is 463 g/mol. The molecule has 3 amide bonds. The number of amides is 3. The first-order chi connectivity index (χ1) is 16.1. The summed E-state index contributed by atoms with van der Waals surface area (Å²) in [6.07, 6.45) is 5.19. The van der Waals surface area contributed by atoms with Crippen molar-refractivity contribution in [2.24, 2.45) is 0 Å². The number of urea groups is 1. The highest BCUT2D eigenvalue weighted by molar-refractivity contribution is 7.13. The fraction of sp³-hybridized carbons (Fsp3) is 0.346. The number of aryl methyl sites for hydroxylation is 1. The number of benzene rings is 2. The molecule has 172 valence electrons. The monoisotopic (exact) mass is 462 g/mol. The van der Waals surface area contributed by atoms with Gasteiger partial charge in [0.25, 0.3) is 5.91 Å². The van der Waals surface area contributed by atoms with Gasteiger partial charge in [-0.25, -0.2) is 9.78 Å². The highest BCUT2D eigenvalue weighted by Crippen LogP contribution is 2.24. The lowest BCUT2D eigenvalue weighted by Gasteiger charge is -2.20. The number of carbonyl (C=O) groups is 2. The Morgan fingerprint density at radius 3 is 2.36 bits per heavy atom. The summed E-state index contributed by atoms with van der Waals surface area (Å²) in [7, 11) is 0. The average Bonchev–Trinajstić information content (AvgIpc) is 3.12. The Morgan fingerprint density at radius 1 is 0.970 bits per heavy atom. The van der Waals surface area contributed by atoms with Gasteiger partial charge in [-0.1, -0.05) is 42.7 Å². The summed E-state index contributed by atoms with van der Waals surface area (Å²) in [5, 5.41) is 8.73. The summed E-state index contributed by atoms with van der Waals surface area (Å²) >= 11 is 1.61. The third kappa shape index (κ3) is 6.42. The van der Waals surface area contributed by atoms with Crippen molar-refractivity contribution in [3.05, 3.63) is 70.7 Å². The Hall–Kier alpha value is -3.19. The van der Waals surface area contributed by atoms with Gasteiger partial charge in [0.05, 0.1) is 5.69 Å². The number of aromatic nitrogens is 1. The van der Waals surface area contributed by atoms with E-state index >= 15 is 0 Å². The van der Waals surface area contributed by atoms with Crippen molar-refractivity contribution in [2.45, 2.75) is 39.0 Å². The summed E-state index contributed by atoms with van der Waals surface area (Å²) in [6, 6.07) is 15.2. The fourth-order valence-electron chi connectivity index (χ4n) is 3.88. The Bertz CT molecular complexity index is 1070. The quantitative estimate of drug-likeness (QED) is 0.508. The number of hydrogen-bond acceptors (Lipinski definition) is 4. The van der Waals surface area contributed by atoms with E-state index in [0.717, 1.165) is 42.2 Å². The number of nitrogens with one attached hydrogen (secondary N) is 2. The zero-order chi connectivity index (χ0) is 23.0. The number of hydrogen-bond donors (Lipinski definition) is 2. The van der Waals surface area contributed by atoms with Crippen molar-refractivity contribution in [3.8, 4) is 10.6 Å². The molecule has 6 nitrogen and oxygen atoms in total. The lowest BCUT2D eigenvalue weighted by molar-refractivity contribution is 0.0761. The van der Waals surface area contributed by atoms with Crippen LogP contribution in [-0.2, 0) is 6.42 Å². The second-order valence-electron chi connectivity index (χ2n) is 8.42. The van der Waals surface area contributed by atoms with E-state index in [4.69, 9.17) is 0 Å². The van der Waals surface area contributed by atoms with Crippen molar-refractivity contribution in [1.82, 2.24) is 15.2 Å². The lowest BCUT2D eigenvalue weighted by Crippen LogP contribution is -2.32. The second-order valence-corrected chi connectivity index (χ2v) is 9.28. The van der Waals surface area contributed by atoms with Gasteiger partial charge in [0.1, 0.15) is 5.01 Å². The molecule has 0 bridgehead atoms. The molecule has 0 aliphatic carbocycles. The van der Waals surface area contributed by atoms with Gasteiger partial charge >= 0.3 is 6.03 Å². The third-order valence-corrected chi connectivity index (χ3v) is 6.74. The van der Waals surface area contributed by atoms with Crippen LogP contribution in [-0.4, -0.2) is 41.5 Å². The van der Waals surface area contributed by atoms with Gasteiger partial charge in [0, 0.05) is 48.2 Å². The Balaban J connectivity index is 1.23. The topological polar surface area (TPSA) is 74.3 Å². The summed E-state index contributed by atoms with van der Waals surface area (Å²) in [6.45, 7) is 4.21. The molecule has 1 aliphatic rings. The van der Waals surface area contributed by atoms with E-state index in [-0.39, 0.29) is 11.9 Å². The highest BCUT2D eigenvalue weighted by atomic mass is 32.1. The van der Waals surface area contributed by atoms with Crippen LogP contribution in [0.1, 0.15) is 47.3 Å². The number of nitrogens with zero attached hydrogens (tertiary/aromatic N) is 2. The van der Waals surface area contributed by atoms with Crippen LogP contribution >= 0.6 is 11.3 Å². The maximum absolute atomic E-state index is 12.7. The van der Waals surface area contributed by atoms with Crippen LogP contribution in [0.4, 0.5) is 10.5 Å². The molecular formula is C26H30N4O2S. The summed E-state index contributed by atoms with van der Waals surface area (Å²) < 4.78 is 0. The van der Waals surface area contributed by atoms with Gasteiger partial charge in [0.2, 0.25) is 0 Å². The van der Waals surface area contributed by atoms with Crippen LogP contribution < -0.4 is 10.6 Å². The minimum Gasteiger partial charge on any atom is -0.339 e. The van der Waals surface area contributed by atoms with Crippen LogP contribution in [0, 0.1) is 6.92 Å². The van der Waals surface area contributed by atoms with Crippen molar-refractivity contribution in [3.63, 3.8) is 0 Å².